The standard InChI is InChI=1S/C18H24ClN7O4S/c1-26-6-11(4-21-26)22-18-20-5-12(19)17(24-18)23-13-7-29-16-14(8-30-15(13)16)25-31(27,28)9-10-2-3-10/h4-6,10,13-16,25H,2-3,7-9H2,1H3,(H2,20,22,23,24)/t13-,14+,15?,16?/m1/s1. The van der Waals surface area contributed by atoms with Gasteiger partial charge < -0.3 is 20.1 Å². The fraction of sp³-hybridized carbons (Fsp3) is 0.611. The molecular weight excluding hydrogens is 446 g/mol. The number of ether oxygens (including phenoxy) is 2. The van der Waals surface area contributed by atoms with E-state index in [0.717, 1.165) is 18.5 Å². The summed E-state index contributed by atoms with van der Waals surface area (Å²) in [7, 11) is -1.53. The molecule has 5 rings (SSSR count). The van der Waals surface area contributed by atoms with Gasteiger partial charge in [-0.15, -0.1) is 0 Å². The number of hydrogen-bond acceptors (Lipinski definition) is 9. The zero-order valence-corrected chi connectivity index (χ0v) is 18.4. The monoisotopic (exact) mass is 469 g/mol. The highest BCUT2D eigenvalue weighted by Gasteiger charge is 2.49. The molecule has 2 aliphatic heterocycles. The molecule has 13 heteroatoms. The van der Waals surface area contributed by atoms with Gasteiger partial charge in [0.25, 0.3) is 0 Å². The van der Waals surface area contributed by atoms with E-state index in [4.69, 9.17) is 21.1 Å². The molecule has 168 valence electrons. The van der Waals surface area contributed by atoms with Crippen LogP contribution in [0.15, 0.2) is 18.6 Å². The van der Waals surface area contributed by atoms with Crippen molar-refractivity contribution >= 4 is 39.1 Å². The third-order valence-corrected chi connectivity index (χ3v) is 7.41. The lowest BCUT2D eigenvalue weighted by Gasteiger charge is -2.19. The normalized spacial score (nSPS) is 27.9. The molecule has 2 saturated heterocycles. The van der Waals surface area contributed by atoms with Crippen molar-refractivity contribution in [2.24, 2.45) is 13.0 Å². The number of sulfonamides is 1. The molecule has 2 aromatic rings. The number of nitrogens with zero attached hydrogens (tertiary/aromatic N) is 4. The van der Waals surface area contributed by atoms with Gasteiger partial charge in [-0.05, 0) is 18.8 Å². The van der Waals surface area contributed by atoms with Gasteiger partial charge in [-0.25, -0.2) is 18.1 Å². The van der Waals surface area contributed by atoms with Crippen LogP contribution in [-0.2, 0) is 26.5 Å². The molecule has 3 aliphatic rings. The molecule has 3 N–H and O–H groups in total. The van der Waals surface area contributed by atoms with E-state index >= 15 is 0 Å². The molecule has 0 spiro atoms. The molecule has 0 amide bonds. The number of nitrogens with one attached hydrogen (secondary N) is 3. The van der Waals surface area contributed by atoms with E-state index in [9.17, 15) is 8.42 Å². The Bertz CT molecular complexity index is 1060. The van der Waals surface area contributed by atoms with Gasteiger partial charge in [0.15, 0.2) is 5.82 Å². The Hall–Kier alpha value is -1.99. The van der Waals surface area contributed by atoms with Crippen LogP contribution >= 0.6 is 11.6 Å². The van der Waals surface area contributed by atoms with E-state index in [1.807, 2.05) is 7.05 Å². The van der Waals surface area contributed by atoms with Crippen LogP contribution in [0.4, 0.5) is 17.5 Å². The molecule has 31 heavy (non-hydrogen) atoms. The van der Waals surface area contributed by atoms with E-state index in [2.05, 4.69) is 30.4 Å². The van der Waals surface area contributed by atoms with Crippen LogP contribution in [0, 0.1) is 5.92 Å². The summed E-state index contributed by atoms with van der Waals surface area (Å²) in [6.45, 7) is 0.616. The smallest absolute Gasteiger partial charge is 0.229 e. The van der Waals surface area contributed by atoms with E-state index < -0.39 is 16.1 Å². The summed E-state index contributed by atoms with van der Waals surface area (Å²) in [6.07, 6.45) is 6.26. The van der Waals surface area contributed by atoms with Gasteiger partial charge in [0.1, 0.15) is 17.2 Å². The quantitative estimate of drug-likeness (QED) is 0.515. The van der Waals surface area contributed by atoms with Crippen molar-refractivity contribution in [1.82, 2.24) is 24.5 Å². The van der Waals surface area contributed by atoms with Crippen LogP contribution in [0.1, 0.15) is 12.8 Å². The minimum atomic E-state index is -3.34. The molecule has 2 unspecified atom stereocenters. The van der Waals surface area contributed by atoms with Crippen LogP contribution in [0.3, 0.4) is 0 Å². The number of hydrogen-bond donors (Lipinski definition) is 3. The molecule has 0 bridgehead atoms. The largest absolute Gasteiger partial charge is 0.371 e. The molecule has 11 nitrogen and oxygen atoms in total. The van der Waals surface area contributed by atoms with Crippen LogP contribution < -0.4 is 15.4 Å². The average molecular weight is 470 g/mol. The maximum absolute atomic E-state index is 12.3. The van der Waals surface area contributed by atoms with E-state index in [1.165, 1.54) is 6.20 Å². The molecule has 1 saturated carbocycles. The third-order valence-electron chi connectivity index (χ3n) is 5.56. The Morgan fingerprint density at radius 2 is 1.94 bits per heavy atom. The number of rotatable bonds is 8. The van der Waals surface area contributed by atoms with Crippen molar-refractivity contribution in [2.75, 3.05) is 29.6 Å². The first kappa shape index (κ1) is 20.9. The number of fused-ring (bicyclic) bond motifs is 1. The highest BCUT2D eigenvalue weighted by Crippen LogP contribution is 2.33. The topological polar surface area (TPSA) is 132 Å². The Morgan fingerprint density at radius 3 is 2.65 bits per heavy atom. The molecule has 4 atom stereocenters. The number of aryl methyl sites for hydroxylation is 1. The second kappa shape index (κ2) is 8.17. The summed E-state index contributed by atoms with van der Waals surface area (Å²) in [6, 6.07) is -0.620. The van der Waals surface area contributed by atoms with Crippen LogP contribution in [0.5, 0.6) is 0 Å². The summed E-state index contributed by atoms with van der Waals surface area (Å²) in [5.74, 6) is 1.27. The fourth-order valence-corrected chi connectivity index (χ4v) is 5.78. The lowest BCUT2D eigenvalue weighted by molar-refractivity contribution is 0.0690. The number of halogens is 1. The van der Waals surface area contributed by atoms with Crippen LogP contribution in [0.25, 0.3) is 0 Å². The predicted molar refractivity (Wildman–Crippen MR) is 114 cm³/mol. The highest BCUT2D eigenvalue weighted by atomic mass is 35.5. The number of anilines is 3. The summed E-state index contributed by atoms with van der Waals surface area (Å²) in [5.41, 5.74) is 0.750. The molecule has 2 aromatic heterocycles. The molecule has 3 fully saturated rings. The maximum atomic E-state index is 12.3. The molecule has 0 radical (unpaired) electrons. The lowest BCUT2D eigenvalue weighted by Crippen LogP contribution is -2.45. The Morgan fingerprint density at radius 1 is 1.19 bits per heavy atom. The van der Waals surface area contributed by atoms with Gasteiger partial charge in [-0.1, -0.05) is 11.6 Å². The SMILES string of the molecule is Cn1cc(Nc2ncc(Cl)c(N[C@@H]3COC4C3OC[C@@H]4NS(=O)(=O)CC3CC3)n2)cn1. The Kier molecular flexibility index (Phi) is 5.51. The minimum Gasteiger partial charge on any atom is -0.371 e. The second-order valence-electron chi connectivity index (χ2n) is 8.21. The molecule has 4 heterocycles. The van der Waals surface area contributed by atoms with Crippen molar-refractivity contribution in [3.8, 4) is 0 Å². The van der Waals surface area contributed by atoms with Crippen molar-refractivity contribution < 1.29 is 17.9 Å². The predicted octanol–water partition coefficient (Wildman–Crippen LogP) is 0.883. The fourth-order valence-electron chi connectivity index (χ4n) is 3.92. The van der Waals surface area contributed by atoms with Crippen molar-refractivity contribution in [3.05, 3.63) is 23.6 Å². The molecular formula is C18H24ClN7O4S. The van der Waals surface area contributed by atoms with Crippen molar-refractivity contribution in [2.45, 2.75) is 37.1 Å². The average Bonchev–Trinajstić information content (AvgIpc) is 3.08. The van der Waals surface area contributed by atoms with Gasteiger partial charge in [-0.2, -0.15) is 10.1 Å². The van der Waals surface area contributed by atoms with Gasteiger partial charge in [0.2, 0.25) is 16.0 Å². The second-order valence-corrected chi connectivity index (χ2v) is 10.4. The first-order valence-electron chi connectivity index (χ1n) is 10.1. The summed E-state index contributed by atoms with van der Waals surface area (Å²) in [5, 5.41) is 10.8. The first-order chi connectivity index (χ1) is 14.9. The van der Waals surface area contributed by atoms with Crippen molar-refractivity contribution in [1.29, 1.82) is 0 Å². The van der Waals surface area contributed by atoms with Gasteiger partial charge in [0.05, 0.1) is 49.1 Å². The van der Waals surface area contributed by atoms with E-state index in [-0.39, 0.29) is 36.5 Å². The highest BCUT2D eigenvalue weighted by molar-refractivity contribution is 7.89. The van der Waals surface area contributed by atoms with E-state index in [1.54, 1.807) is 17.1 Å². The van der Waals surface area contributed by atoms with Gasteiger partial charge >= 0.3 is 0 Å². The summed E-state index contributed by atoms with van der Waals surface area (Å²) >= 11 is 6.29. The maximum Gasteiger partial charge on any atom is 0.229 e. The Balaban J connectivity index is 1.23. The summed E-state index contributed by atoms with van der Waals surface area (Å²) < 4.78 is 40.9. The van der Waals surface area contributed by atoms with Crippen LogP contribution in [0.2, 0.25) is 5.02 Å². The van der Waals surface area contributed by atoms with Crippen molar-refractivity contribution in [3.63, 3.8) is 0 Å². The Labute approximate surface area is 184 Å². The van der Waals surface area contributed by atoms with Crippen LogP contribution in [-0.4, -0.2) is 71.4 Å². The summed E-state index contributed by atoms with van der Waals surface area (Å²) in [4.78, 5) is 8.64. The number of aromatic nitrogens is 4. The first-order valence-corrected chi connectivity index (χ1v) is 12.2. The zero-order valence-electron chi connectivity index (χ0n) is 16.9. The zero-order chi connectivity index (χ0) is 21.6. The lowest BCUT2D eigenvalue weighted by atomic mass is 10.1. The molecule has 0 aromatic carbocycles. The van der Waals surface area contributed by atoms with Gasteiger partial charge in [0, 0.05) is 13.2 Å². The third kappa shape index (κ3) is 4.77. The minimum absolute atomic E-state index is 0.172. The molecule has 1 aliphatic carbocycles. The van der Waals surface area contributed by atoms with E-state index in [0.29, 0.717) is 23.4 Å². The van der Waals surface area contributed by atoms with Gasteiger partial charge in [-0.3, -0.25) is 4.68 Å².